The van der Waals surface area contributed by atoms with Crippen LogP contribution in [0.2, 0.25) is 0 Å². The lowest BCUT2D eigenvalue weighted by Crippen LogP contribution is -2.11. The minimum Gasteiger partial charge on any atom is -0.382 e. The first-order valence-corrected chi connectivity index (χ1v) is 12.3. The van der Waals surface area contributed by atoms with Crippen LogP contribution >= 0.6 is 0 Å². The zero-order valence-electron chi connectivity index (χ0n) is 18.4. The zero-order valence-corrected chi connectivity index (χ0v) is 20.0. The number of benzene rings is 2. The quantitative estimate of drug-likeness (QED) is 0.418. The lowest BCUT2D eigenvalue weighted by atomic mass is 10.0. The topological polar surface area (TPSA) is 112 Å². The molecule has 0 saturated carbocycles. The Labute approximate surface area is 190 Å². The summed E-state index contributed by atoms with van der Waals surface area (Å²) in [5.74, 6) is 0.0656. The van der Waals surface area contributed by atoms with E-state index < -0.39 is 20.7 Å². The molecular formula is C23H26O7S2. The van der Waals surface area contributed by atoms with E-state index in [1.807, 2.05) is 26.0 Å². The highest BCUT2D eigenvalue weighted by Gasteiger charge is 2.09. The van der Waals surface area contributed by atoms with Crippen LogP contribution in [-0.4, -0.2) is 32.6 Å². The predicted molar refractivity (Wildman–Crippen MR) is 125 cm³/mol. The van der Waals surface area contributed by atoms with E-state index in [4.69, 9.17) is 16.8 Å². The summed E-state index contributed by atoms with van der Waals surface area (Å²) in [6, 6.07) is 11.2. The molecule has 0 saturated heterocycles. The van der Waals surface area contributed by atoms with E-state index in [2.05, 4.69) is 19.1 Å². The molecule has 0 unspecified atom stereocenters. The molecule has 32 heavy (non-hydrogen) atoms. The molecule has 172 valence electrons. The second-order valence-electron chi connectivity index (χ2n) is 6.77. The van der Waals surface area contributed by atoms with Crippen LogP contribution in [0, 0.1) is 13.8 Å². The van der Waals surface area contributed by atoms with E-state index in [0.29, 0.717) is 0 Å². The van der Waals surface area contributed by atoms with Gasteiger partial charge in [0.15, 0.2) is 5.78 Å². The first-order valence-electron chi connectivity index (χ1n) is 9.76. The SMILES string of the molecule is CCc1ccc(/C=C/C(=O)/C=C/c2ccc(OS(=O)(=O)CC)cc2C)c(C)c1.O=S(=O)=O. The Morgan fingerprint density at radius 2 is 1.41 bits per heavy atom. The average Bonchev–Trinajstić information content (AvgIpc) is 2.71. The van der Waals surface area contributed by atoms with Crippen LogP contribution in [-0.2, 0) is 31.9 Å². The fourth-order valence-electron chi connectivity index (χ4n) is 2.64. The number of carbonyl (C=O) groups excluding carboxylic acids is 1. The molecule has 2 aromatic carbocycles. The molecule has 0 radical (unpaired) electrons. The van der Waals surface area contributed by atoms with Gasteiger partial charge in [-0.1, -0.05) is 43.3 Å². The molecule has 0 N–H and O–H groups in total. The van der Waals surface area contributed by atoms with Gasteiger partial charge in [-0.2, -0.15) is 8.42 Å². The Balaban J connectivity index is 0.00000118. The minimum atomic E-state index is -3.55. The number of aryl methyl sites for hydroxylation is 3. The zero-order chi connectivity index (χ0) is 24.3. The standard InChI is InChI=1S/C23H26O4S.O3S/c1-5-19-7-8-20(17(3)15-19)9-12-22(24)13-10-21-11-14-23(16-18(21)4)27-28(25,26)6-2;1-4(2)3/h7-16H,5-6H2,1-4H3;/b12-9+,13-10+;. The molecule has 0 aliphatic carbocycles. The molecule has 0 fully saturated rings. The Morgan fingerprint density at radius 1 is 0.906 bits per heavy atom. The Bertz CT molecular complexity index is 1220. The van der Waals surface area contributed by atoms with E-state index in [-0.39, 0.29) is 17.3 Å². The average molecular weight is 479 g/mol. The number of hydrogen-bond donors (Lipinski definition) is 0. The van der Waals surface area contributed by atoms with E-state index in [1.54, 1.807) is 30.4 Å². The van der Waals surface area contributed by atoms with E-state index in [1.165, 1.54) is 18.6 Å². The maximum atomic E-state index is 12.2. The molecular weight excluding hydrogens is 452 g/mol. The molecule has 0 bridgehead atoms. The highest BCUT2D eigenvalue weighted by molar-refractivity contribution is 7.87. The summed E-state index contributed by atoms with van der Waals surface area (Å²) in [5, 5.41) is 0. The highest BCUT2D eigenvalue weighted by atomic mass is 32.2. The first kappa shape index (κ1) is 27.0. The molecule has 9 heteroatoms. The third-order valence-electron chi connectivity index (χ3n) is 4.41. The predicted octanol–water partition coefficient (Wildman–Crippen LogP) is 3.89. The molecule has 2 rings (SSSR count). The smallest absolute Gasteiger partial charge is 0.382 e. The van der Waals surface area contributed by atoms with Crippen LogP contribution in [0.4, 0.5) is 0 Å². The van der Waals surface area contributed by atoms with Gasteiger partial charge in [0.25, 0.3) is 0 Å². The monoisotopic (exact) mass is 478 g/mol. The fraction of sp³-hybridized carbons (Fsp3) is 0.261. The van der Waals surface area contributed by atoms with Gasteiger partial charge in [0.1, 0.15) is 5.75 Å². The van der Waals surface area contributed by atoms with Crippen molar-refractivity contribution in [3.05, 3.63) is 76.4 Å². The highest BCUT2D eigenvalue weighted by Crippen LogP contribution is 2.20. The van der Waals surface area contributed by atoms with Crippen LogP contribution in [0.15, 0.2) is 48.6 Å². The Hall–Kier alpha value is -3.04. The summed E-state index contributed by atoms with van der Waals surface area (Å²) in [5.41, 5.74) is 5.08. The van der Waals surface area contributed by atoms with Crippen molar-refractivity contribution in [3.8, 4) is 5.75 Å². The number of hydrogen-bond acceptors (Lipinski definition) is 7. The van der Waals surface area contributed by atoms with E-state index >= 15 is 0 Å². The summed E-state index contributed by atoms with van der Waals surface area (Å²) < 4.78 is 53.4. The number of allylic oxidation sites excluding steroid dienone is 2. The van der Waals surface area contributed by atoms with Crippen molar-refractivity contribution < 1.29 is 30.0 Å². The summed E-state index contributed by atoms with van der Waals surface area (Å²) in [4.78, 5) is 12.2. The van der Waals surface area contributed by atoms with Crippen molar-refractivity contribution >= 4 is 38.7 Å². The Kier molecular flexibility index (Phi) is 10.7. The van der Waals surface area contributed by atoms with E-state index in [0.717, 1.165) is 28.7 Å². The van der Waals surface area contributed by atoms with Crippen LogP contribution in [0.5, 0.6) is 5.75 Å². The van der Waals surface area contributed by atoms with Crippen molar-refractivity contribution in [2.75, 3.05) is 5.75 Å². The molecule has 7 nitrogen and oxygen atoms in total. The molecule has 0 aliphatic rings. The molecule has 0 aliphatic heterocycles. The van der Waals surface area contributed by atoms with Gasteiger partial charge < -0.3 is 4.18 Å². The second-order valence-corrected chi connectivity index (χ2v) is 9.03. The van der Waals surface area contributed by atoms with Gasteiger partial charge in [-0.3, -0.25) is 4.79 Å². The maximum Gasteiger partial charge on any atom is 0.425 e. The lowest BCUT2D eigenvalue weighted by molar-refractivity contribution is -0.110. The number of ketones is 1. The van der Waals surface area contributed by atoms with Gasteiger partial charge in [-0.25, -0.2) is 0 Å². The maximum absolute atomic E-state index is 12.2. The molecule has 0 atom stereocenters. The van der Waals surface area contributed by atoms with Crippen molar-refractivity contribution in [2.45, 2.75) is 34.1 Å². The van der Waals surface area contributed by atoms with Crippen LogP contribution in [0.3, 0.4) is 0 Å². The fourth-order valence-corrected chi connectivity index (χ4v) is 3.15. The van der Waals surface area contributed by atoms with Crippen LogP contribution in [0.25, 0.3) is 12.2 Å². The summed E-state index contributed by atoms with van der Waals surface area (Å²) >= 11 is 0. The molecule has 0 heterocycles. The van der Waals surface area contributed by atoms with Crippen molar-refractivity contribution in [3.63, 3.8) is 0 Å². The van der Waals surface area contributed by atoms with Gasteiger partial charge in [0.05, 0.1) is 5.75 Å². The number of rotatable bonds is 8. The number of carbonyl (C=O) groups is 1. The van der Waals surface area contributed by atoms with Crippen molar-refractivity contribution in [1.29, 1.82) is 0 Å². The summed E-state index contributed by atoms with van der Waals surface area (Å²) in [7, 11) is -6.66. The van der Waals surface area contributed by atoms with Gasteiger partial charge in [0, 0.05) is 0 Å². The van der Waals surface area contributed by atoms with Gasteiger partial charge in [-0.15, -0.1) is 12.6 Å². The van der Waals surface area contributed by atoms with Crippen molar-refractivity contribution in [1.82, 2.24) is 0 Å². The van der Waals surface area contributed by atoms with E-state index in [9.17, 15) is 13.2 Å². The lowest BCUT2D eigenvalue weighted by Gasteiger charge is -2.07. The van der Waals surface area contributed by atoms with Gasteiger partial charge in [-0.05, 0) is 79.3 Å². The van der Waals surface area contributed by atoms with Crippen LogP contribution in [0.1, 0.15) is 41.7 Å². The molecule has 2 aromatic rings. The Morgan fingerprint density at radius 3 is 1.84 bits per heavy atom. The normalized spacial score (nSPS) is 11.2. The third-order valence-corrected chi connectivity index (χ3v) is 5.57. The van der Waals surface area contributed by atoms with Gasteiger partial charge in [0.2, 0.25) is 0 Å². The summed E-state index contributed by atoms with van der Waals surface area (Å²) in [6.45, 7) is 7.51. The second kappa shape index (κ2) is 12.7. The first-order chi connectivity index (χ1) is 15.0. The molecule has 0 spiro atoms. The third kappa shape index (κ3) is 9.84. The van der Waals surface area contributed by atoms with Crippen LogP contribution < -0.4 is 4.18 Å². The van der Waals surface area contributed by atoms with Gasteiger partial charge >= 0.3 is 20.7 Å². The summed E-state index contributed by atoms with van der Waals surface area (Å²) in [6.07, 6.45) is 7.57. The largest absolute Gasteiger partial charge is 0.425 e. The molecule has 0 aromatic heterocycles. The molecule has 0 amide bonds. The minimum absolute atomic E-state index is 0.0881. The van der Waals surface area contributed by atoms with Crippen molar-refractivity contribution in [2.24, 2.45) is 0 Å².